The number of nitrogens with zero attached hydrogens (tertiary/aromatic N) is 1. The van der Waals surface area contributed by atoms with E-state index in [-0.39, 0.29) is 0 Å². The summed E-state index contributed by atoms with van der Waals surface area (Å²) in [5, 5.41) is 6.42. The number of guanidine groups is 1. The van der Waals surface area contributed by atoms with Gasteiger partial charge in [0, 0.05) is 19.3 Å². The van der Waals surface area contributed by atoms with Crippen molar-refractivity contribution in [2.75, 3.05) is 32.5 Å². The number of nitrogens with one attached hydrogen (secondary N) is 2. The van der Waals surface area contributed by atoms with Crippen LogP contribution in [0.3, 0.4) is 0 Å². The molecular formula is C17H29N3O3S. The van der Waals surface area contributed by atoms with Crippen LogP contribution < -0.4 is 15.4 Å². The van der Waals surface area contributed by atoms with Crippen molar-refractivity contribution in [2.24, 2.45) is 4.99 Å². The van der Waals surface area contributed by atoms with Gasteiger partial charge in [0.2, 0.25) is 0 Å². The molecule has 1 rings (SSSR count). The Labute approximate surface area is 145 Å². The lowest BCUT2D eigenvalue weighted by Gasteiger charge is -2.12. The highest BCUT2D eigenvalue weighted by molar-refractivity contribution is 7.90. The number of unbranched alkanes of at least 4 members (excludes halogenated alkanes) is 2. The van der Waals surface area contributed by atoms with Gasteiger partial charge in [0.25, 0.3) is 0 Å². The predicted octanol–water partition coefficient (Wildman–Crippen LogP) is 2.21. The molecule has 0 saturated heterocycles. The van der Waals surface area contributed by atoms with Crippen LogP contribution in [-0.2, 0) is 9.84 Å². The van der Waals surface area contributed by atoms with E-state index in [0.717, 1.165) is 25.5 Å². The molecule has 7 heteroatoms. The molecule has 0 heterocycles. The Morgan fingerprint density at radius 2 is 1.83 bits per heavy atom. The van der Waals surface area contributed by atoms with Gasteiger partial charge in [0.1, 0.15) is 12.4 Å². The molecule has 0 aromatic heterocycles. The van der Waals surface area contributed by atoms with Gasteiger partial charge in [-0.3, -0.25) is 4.99 Å². The quantitative estimate of drug-likeness (QED) is 0.382. The summed E-state index contributed by atoms with van der Waals surface area (Å²) >= 11 is 0. The smallest absolute Gasteiger partial charge is 0.191 e. The van der Waals surface area contributed by atoms with E-state index in [1.165, 1.54) is 19.1 Å². The largest absolute Gasteiger partial charge is 0.492 e. The van der Waals surface area contributed by atoms with Crippen LogP contribution in [0.1, 0.15) is 33.1 Å². The minimum Gasteiger partial charge on any atom is -0.492 e. The Morgan fingerprint density at radius 1 is 1.12 bits per heavy atom. The van der Waals surface area contributed by atoms with Crippen molar-refractivity contribution in [3.63, 3.8) is 0 Å². The second kappa shape index (κ2) is 10.9. The van der Waals surface area contributed by atoms with Crippen LogP contribution in [0.2, 0.25) is 0 Å². The molecule has 0 aliphatic carbocycles. The summed E-state index contributed by atoms with van der Waals surface area (Å²) in [4.78, 5) is 4.80. The zero-order valence-electron chi connectivity index (χ0n) is 14.8. The second-order valence-corrected chi connectivity index (χ2v) is 7.50. The maximum absolute atomic E-state index is 11.4. The zero-order chi connectivity index (χ0) is 17.8. The van der Waals surface area contributed by atoms with Crippen molar-refractivity contribution in [3.8, 4) is 5.75 Å². The average Bonchev–Trinajstić information content (AvgIpc) is 2.55. The highest BCUT2D eigenvalue weighted by Crippen LogP contribution is 2.15. The molecule has 0 saturated carbocycles. The summed E-state index contributed by atoms with van der Waals surface area (Å²) in [6, 6.07) is 6.44. The van der Waals surface area contributed by atoms with Crippen molar-refractivity contribution < 1.29 is 13.2 Å². The van der Waals surface area contributed by atoms with E-state index in [9.17, 15) is 8.42 Å². The van der Waals surface area contributed by atoms with Crippen LogP contribution in [0.4, 0.5) is 0 Å². The average molecular weight is 356 g/mol. The summed E-state index contributed by atoms with van der Waals surface area (Å²) in [7, 11) is -3.17. The van der Waals surface area contributed by atoms with E-state index in [0.29, 0.717) is 23.8 Å². The molecule has 0 unspecified atom stereocenters. The van der Waals surface area contributed by atoms with Gasteiger partial charge in [-0.25, -0.2) is 8.42 Å². The highest BCUT2D eigenvalue weighted by Gasteiger charge is 2.06. The standard InChI is InChI=1S/C17H29N3O3S/c1-4-6-7-12-19-17(18-5-2)20-13-14-23-15-8-10-16(11-9-15)24(3,21)22/h8-11H,4-7,12-14H2,1-3H3,(H2,18,19,20). The normalized spacial score (nSPS) is 12.0. The van der Waals surface area contributed by atoms with Crippen LogP contribution in [0, 0.1) is 0 Å². The number of hydrogen-bond acceptors (Lipinski definition) is 4. The Kier molecular flexibility index (Phi) is 9.22. The van der Waals surface area contributed by atoms with Gasteiger partial charge in [-0.05, 0) is 37.6 Å². The van der Waals surface area contributed by atoms with E-state index in [2.05, 4.69) is 22.5 Å². The van der Waals surface area contributed by atoms with E-state index < -0.39 is 9.84 Å². The number of aliphatic imine (C=N–C) groups is 1. The third-order valence-corrected chi connectivity index (χ3v) is 4.42. The molecule has 2 N–H and O–H groups in total. The first-order valence-corrected chi connectivity index (χ1v) is 10.3. The van der Waals surface area contributed by atoms with Gasteiger partial charge < -0.3 is 15.4 Å². The van der Waals surface area contributed by atoms with E-state index >= 15 is 0 Å². The third kappa shape index (κ3) is 8.19. The molecule has 0 atom stereocenters. The van der Waals surface area contributed by atoms with Crippen molar-refractivity contribution in [1.29, 1.82) is 0 Å². The minimum absolute atomic E-state index is 0.293. The molecule has 1 aromatic carbocycles. The summed E-state index contributed by atoms with van der Waals surface area (Å²) in [6.45, 7) is 6.92. The van der Waals surface area contributed by atoms with E-state index in [1.54, 1.807) is 24.3 Å². The lowest BCUT2D eigenvalue weighted by molar-refractivity contribution is 0.321. The summed E-state index contributed by atoms with van der Waals surface area (Å²) < 4.78 is 28.4. The molecule has 0 spiro atoms. The fraction of sp³-hybridized carbons (Fsp3) is 0.588. The summed E-state index contributed by atoms with van der Waals surface area (Å²) in [5.41, 5.74) is 0. The molecule has 0 amide bonds. The molecule has 0 radical (unpaired) electrons. The number of rotatable bonds is 10. The summed E-state index contributed by atoms with van der Waals surface area (Å²) in [6.07, 6.45) is 4.66. The fourth-order valence-electron chi connectivity index (χ4n) is 2.02. The number of benzene rings is 1. The Bertz CT molecular complexity index is 598. The van der Waals surface area contributed by atoms with E-state index in [4.69, 9.17) is 4.74 Å². The lowest BCUT2D eigenvalue weighted by atomic mass is 10.2. The van der Waals surface area contributed by atoms with Crippen LogP contribution >= 0.6 is 0 Å². The molecule has 6 nitrogen and oxygen atoms in total. The molecule has 1 aromatic rings. The second-order valence-electron chi connectivity index (χ2n) is 5.49. The van der Waals surface area contributed by atoms with Crippen LogP contribution in [-0.4, -0.2) is 46.9 Å². The summed E-state index contributed by atoms with van der Waals surface area (Å²) in [5.74, 6) is 1.44. The predicted molar refractivity (Wildman–Crippen MR) is 98.6 cm³/mol. The molecule has 24 heavy (non-hydrogen) atoms. The topological polar surface area (TPSA) is 79.8 Å². The van der Waals surface area contributed by atoms with Gasteiger partial charge in [0.15, 0.2) is 15.8 Å². The third-order valence-electron chi connectivity index (χ3n) is 3.29. The molecule has 0 aliphatic heterocycles. The number of sulfone groups is 1. The fourth-order valence-corrected chi connectivity index (χ4v) is 2.65. The minimum atomic E-state index is -3.17. The molecule has 0 bridgehead atoms. The van der Waals surface area contributed by atoms with Gasteiger partial charge in [-0.1, -0.05) is 19.8 Å². The van der Waals surface area contributed by atoms with E-state index in [1.807, 2.05) is 6.92 Å². The molecular weight excluding hydrogens is 326 g/mol. The van der Waals surface area contributed by atoms with Crippen LogP contribution in [0.25, 0.3) is 0 Å². The van der Waals surface area contributed by atoms with Crippen LogP contribution in [0.5, 0.6) is 5.75 Å². The number of ether oxygens (including phenoxy) is 1. The van der Waals surface area contributed by atoms with Crippen LogP contribution in [0.15, 0.2) is 34.2 Å². The van der Waals surface area contributed by atoms with Crippen molar-refractivity contribution >= 4 is 15.8 Å². The first-order valence-electron chi connectivity index (χ1n) is 8.42. The highest BCUT2D eigenvalue weighted by atomic mass is 32.2. The first-order chi connectivity index (χ1) is 11.5. The molecule has 136 valence electrons. The van der Waals surface area contributed by atoms with Gasteiger partial charge in [-0.15, -0.1) is 0 Å². The van der Waals surface area contributed by atoms with Gasteiger partial charge >= 0.3 is 0 Å². The number of hydrogen-bond donors (Lipinski definition) is 2. The van der Waals surface area contributed by atoms with Crippen molar-refractivity contribution in [1.82, 2.24) is 10.6 Å². The molecule has 0 aliphatic rings. The zero-order valence-corrected chi connectivity index (χ0v) is 15.7. The maximum atomic E-state index is 11.4. The van der Waals surface area contributed by atoms with Crippen molar-refractivity contribution in [3.05, 3.63) is 24.3 Å². The molecule has 0 fully saturated rings. The van der Waals surface area contributed by atoms with Gasteiger partial charge in [0.05, 0.1) is 11.4 Å². The lowest BCUT2D eigenvalue weighted by Crippen LogP contribution is -2.39. The monoisotopic (exact) mass is 355 g/mol. The Hall–Kier alpha value is -1.76. The van der Waals surface area contributed by atoms with Crippen molar-refractivity contribution in [2.45, 2.75) is 38.0 Å². The SMILES string of the molecule is CCCCCN=C(NCC)NCCOc1ccc(S(C)(=O)=O)cc1. The maximum Gasteiger partial charge on any atom is 0.191 e. The first kappa shape index (κ1) is 20.3. The van der Waals surface area contributed by atoms with Gasteiger partial charge in [-0.2, -0.15) is 0 Å². The Balaban J connectivity index is 2.37. The Morgan fingerprint density at radius 3 is 2.42 bits per heavy atom.